The maximum atomic E-state index is 12.9. The summed E-state index contributed by atoms with van der Waals surface area (Å²) in [4.78, 5) is 25.5. The SMILES string of the molecule is CCOC(=O)c1cc(-c2ccccc2)n(-c2ccc(OC)cc2)c1C(=O)OCC. The van der Waals surface area contributed by atoms with Crippen LogP contribution in [0.1, 0.15) is 34.7 Å². The van der Waals surface area contributed by atoms with Gasteiger partial charge in [0.15, 0.2) is 0 Å². The van der Waals surface area contributed by atoms with Crippen LogP contribution in [0, 0.1) is 0 Å². The Kier molecular flexibility index (Phi) is 6.34. The molecule has 0 saturated heterocycles. The molecule has 0 aliphatic carbocycles. The van der Waals surface area contributed by atoms with Gasteiger partial charge < -0.3 is 18.8 Å². The van der Waals surface area contributed by atoms with E-state index in [-0.39, 0.29) is 24.5 Å². The van der Waals surface area contributed by atoms with Crippen molar-refractivity contribution in [2.45, 2.75) is 13.8 Å². The Balaban J connectivity index is 2.30. The largest absolute Gasteiger partial charge is 0.497 e. The van der Waals surface area contributed by atoms with E-state index in [4.69, 9.17) is 14.2 Å². The van der Waals surface area contributed by atoms with Crippen LogP contribution < -0.4 is 4.74 Å². The van der Waals surface area contributed by atoms with Gasteiger partial charge in [0, 0.05) is 5.69 Å². The van der Waals surface area contributed by atoms with Gasteiger partial charge in [0.05, 0.1) is 31.6 Å². The summed E-state index contributed by atoms with van der Waals surface area (Å²) in [7, 11) is 1.59. The third kappa shape index (κ3) is 4.16. The van der Waals surface area contributed by atoms with Crippen molar-refractivity contribution in [1.29, 1.82) is 0 Å². The second kappa shape index (κ2) is 9.10. The molecule has 3 rings (SSSR count). The third-order valence-electron chi connectivity index (χ3n) is 4.36. The molecule has 1 aromatic heterocycles. The Morgan fingerprint density at radius 1 is 0.862 bits per heavy atom. The summed E-state index contributed by atoms with van der Waals surface area (Å²) in [5.41, 5.74) is 2.53. The van der Waals surface area contributed by atoms with Crippen LogP contribution in [-0.4, -0.2) is 36.8 Å². The molecule has 0 aliphatic heterocycles. The minimum Gasteiger partial charge on any atom is -0.497 e. The first-order valence-corrected chi connectivity index (χ1v) is 9.40. The lowest BCUT2D eigenvalue weighted by atomic mass is 10.1. The lowest BCUT2D eigenvalue weighted by Crippen LogP contribution is -2.17. The Labute approximate surface area is 169 Å². The average Bonchev–Trinajstić information content (AvgIpc) is 3.16. The Morgan fingerprint density at radius 2 is 1.48 bits per heavy atom. The van der Waals surface area contributed by atoms with Crippen molar-refractivity contribution in [3.05, 3.63) is 71.9 Å². The van der Waals surface area contributed by atoms with Crippen LogP contribution in [0.3, 0.4) is 0 Å². The van der Waals surface area contributed by atoms with Gasteiger partial charge in [0.2, 0.25) is 0 Å². The van der Waals surface area contributed by atoms with Crippen molar-refractivity contribution in [2.24, 2.45) is 0 Å². The lowest BCUT2D eigenvalue weighted by molar-refractivity contribution is 0.0473. The molecule has 0 amide bonds. The van der Waals surface area contributed by atoms with Gasteiger partial charge in [-0.15, -0.1) is 0 Å². The van der Waals surface area contributed by atoms with Gasteiger partial charge >= 0.3 is 11.9 Å². The topological polar surface area (TPSA) is 66.8 Å². The number of hydrogen-bond donors (Lipinski definition) is 0. The van der Waals surface area contributed by atoms with Crippen LogP contribution in [0.5, 0.6) is 5.75 Å². The second-order valence-electron chi connectivity index (χ2n) is 6.13. The standard InChI is InChI=1S/C23H23NO5/c1-4-28-22(25)19-15-20(16-9-7-6-8-10-16)24(21(19)23(26)29-5-2)17-11-13-18(27-3)14-12-17/h6-15H,4-5H2,1-3H3. The Morgan fingerprint density at radius 3 is 2.07 bits per heavy atom. The van der Waals surface area contributed by atoms with Gasteiger partial charge in [-0.25, -0.2) is 9.59 Å². The first-order chi connectivity index (χ1) is 14.1. The molecule has 29 heavy (non-hydrogen) atoms. The van der Waals surface area contributed by atoms with E-state index < -0.39 is 11.9 Å². The third-order valence-corrected chi connectivity index (χ3v) is 4.36. The van der Waals surface area contributed by atoms with E-state index in [1.807, 2.05) is 42.5 Å². The maximum absolute atomic E-state index is 12.9. The lowest BCUT2D eigenvalue weighted by Gasteiger charge is -2.14. The van der Waals surface area contributed by atoms with Crippen molar-refractivity contribution in [2.75, 3.05) is 20.3 Å². The summed E-state index contributed by atoms with van der Waals surface area (Å²) in [6.07, 6.45) is 0. The molecular formula is C23H23NO5. The van der Waals surface area contributed by atoms with Gasteiger partial charge in [-0.05, 0) is 49.7 Å². The molecule has 0 unspecified atom stereocenters. The van der Waals surface area contributed by atoms with E-state index in [1.54, 1.807) is 43.7 Å². The molecule has 2 aromatic carbocycles. The van der Waals surface area contributed by atoms with Crippen LogP contribution in [0.4, 0.5) is 0 Å². The summed E-state index contributed by atoms with van der Waals surface area (Å²) < 4.78 is 17.4. The van der Waals surface area contributed by atoms with E-state index in [9.17, 15) is 9.59 Å². The zero-order valence-corrected chi connectivity index (χ0v) is 16.7. The van der Waals surface area contributed by atoms with E-state index >= 15 is 0 Å². The zero-order valence-electron chi connectivity index (χ0n) is 16.7. The Bertz CT molecular complexity index is 990. The fourth-order valence-corrected chi connectivity index (χ4v) is 3.10. The fraction of sp³-hybridized carbons (Fsp3) is 0.217. The molecule has 0 atom stereocenters. The van der Waals surface area contributed by atoms with Crippen LogP contribution in [-0.2, 0) is 9.47 Å². The van der Waals surface area contributed by atoms with Crippen molar-refractivity contribution in [1.82, 2.24) is 4.57 Å². The maximum Gasteiger partial charge on any atom is 0.356 e. The molecule has 3 aromatic rings. The van der Waals surface area contributed by atoms with Crippen LogP contribution in [0.15, 0.2) is 60.7 Å². The number of nitrogens with zero attached hydrogens (tertiary/aromatic N) is 1. The van der Waals surface area contributed by atoms with E-state index in [0.717, 1.165) is 5.56 Å². The molecular weight excluding hydrogens is 370 g/mol. The predicted octanol–water partition coefficient (Wildman–Crippen LogP) is 4.51. The molecule has 0 N–H and O–H groups in total. The van der Waals surface area contributed by atoms with Crippen LogP contribution in [0.2, 0.25) is 0 Å². The molecule has 0 fully saturated rings. The minimum absolute atomic E-state index is 0.134. The summed E-state index contributed by atoms with van der Waals surface area (Å²) in [6.45, 7) is 3.84. The monoisotopic (exact) mass is 393 g/mol. The van der Waals surface area contributed by atoms with E-state index in [2.05, 4.69) is 0 Å². The second-order valence-corrected chi connectivity index (χ2v) is 6.13. The number of hydrogen-bond acceptors (Lipinski definition) is 5. The van der Waals surface area contributed by atoms with Crippen molar-refractivity contribution in [3.63, 3.8) is 0 Å². The molecule has 0 saturated carbocycles. The highest BCUT2D eigenvalue weighted by molar-refractivity contribution is 6.04. The van der Waals surface area contributed by atoms with Gasteiger partial charge in [-0.2, -0.15) is 0 Å². The number of benzene rings is 2. The highest BCUT2D eigenvalue weighted by atomic mass is 16.5. The summed E-state index contributed by atoms with van der Waals surface area (Å²) in [5, 5.41) is 0. The quantitative estimate of drug-likeness (QED) is 0.553. The average molecular weight is 393 g/mol. The van der Waals surface area contributed by atoms with Crippen molar-refractivity contribution < 1.29 is 23.8 Å². The Hall–Kier alpha value is -3.54. The van der Waals surface area contributed by atoms with Crippen molar-refractivity contribution >= 4 is 11.9 Å². The molecule has 1 heterocycles. The molecule has 0 radical (unpaired) electrons. The molecule has 6 heteroatoms. The number of aromatic nitrogens is 1. The molecule has 0 aliphatic rings. The van der Waals surface area contributed by atoms with E-state index in [1.165, 1.54) is 0 Å². The number of methoxy groups -OCH3 is 1. The number of ether oxygens (including phenoxy) is 3. The fourth-order valence-electron chi connectivity index (χ4n) is 3.10. The predicted molar refractivity (Wildman–Crippen MR) is 110 cm³/mol. The number of carbonyl (C=O) groups is 2. The molecule has 6 nitrogen and oxygen atoms in total. The van der Waals surface area contributed by atoms with Gasteiger partial charge in [-0.3, -0.25) is 0 Å². The van der Waals surface area contributed by atoms with Crippen LogP contribution in [0.25, 0.3) is 16.9 Å². The van der Waals surface area contributed by atoms with Gasteiger partial charge in [-0.1, -0.05) is 30.3 Å². The molecule has 0 spiro atoms. The highest BCUT2D eigenvalue weighted by Gasteiger charge is 2.28. The van der Waals surface area contributed by atoms with Gasteiger partial charge in [0.25, 0.3) is 0 Å². The van der Waals surface area contributed by atoms with Gasteiger partial charge in [0.1, 0.15) is 11.4 Å². The number of carbonyl (C=O) groups excluding carboxylic acids is 2. The summed E-state index contributed by atoms with van der Waals surface area (Å²) >= 11 is 0. The normalized spacial score (nSPS) is 10.4. The molecule has 150 valence electrons. The van der Waals surface area contributed by atoms with Crippen molar-refractivity contribution in [3.8, 4) is 22.7 Å². The van der Waals surface area contributed by atoms with Crippen LogP contribution >= 0.6 is 0 Å². The minimum atomic E-state index is -0.589. The van der Waals surface area contributed by atoms with E-state index in [0.29, 0.717) is 17.1 Å². The number of rotatable bonds is 7. The highest BCUT2D eigenvalue weighted by Crippen LogP contribution is 2.31. The molecule has 0 bridgehead atoms. The summed E-state index contributed by atoms with van der Waals surface area (Å²) in [6, 6.07) is 18.4. The smallest absolute Gasteiger partial charge is 0.356 e. The number of esters is 2. The first-order valence-electron chi connectivity index (χ1n) is 9.40. The first kappa shape index (κ1) is 20.2. The summed E-state index contributed by atoms with van der Waals surface area (Å²) in [5.74, 6) is -0.473. The zero-order chi connectivity index (χ0) is 20.8.